The first-order chi connectivity index (χ1) is 12.9. The minimum atomic E-state index is -3.96. The Kier molecular flexibility index (Phi) is 6.29. The molecule has 1 N–H and O–H groups in total. The summed E-state index contributed by atoms with van der Waals surface area (Å²) in [7, 11) is -3.96. The van der Waals surface area contributed by atoms with Crippen molar-refractivity contribution in [2.24, 2.45) is 0 Å². The molecule has 0 spiro atoms. The third kappa shape index (κ3) is 4.94. The van der Waals surface area contributed by atoms with Gasteiger partial charge >= 0.3 is 0 Å². The standard InChI is InChI=1S/C19H20Cl2N2O3S/c20-14-10-15(21)12-17(11-14)23(13-19(24)22-16-6-4-5-7-16)27(25,26)18-8-2-1-3-9-18/h1-3,8-12,16H,4-7,13H2,(H,22,24). The molecule has 0 radical (unpaired) electrons. The highest BCUT2D eigenvalue weighted by molar-refractivity contribution is 7.92. The van der Waals surface area contributed by atoms with E-state index in [1.54, 1.807) is 18.2 Å². The SMILES string of the molecule is O=C(CN(c1cc(Cl)cc(Cl)c1)S(=O)(=O)c1ccccc1)NC1CCCC1. The van der Waals surface area contributed by atoms with Crippen molar-refractivity contribution in [3.05, 3.63) is 58.6 Å². The molecule has 8 heteroatoms. The van der Waals surface area contributed by atoms with E-state index in [-0.39, 0.29) is 29.1 Å². The maximum absolute atomic E-state index is 13.2. The molecule has 0 heterocycles. The fourth-order valence-corrected chi connectivity index (χ4v) is 5.13. The molecule has 1 fully saturated rings. The summed E-state index contributed by atoms with van der Waals surface area (Å²) in [4.78, 5) is 12.6. The molecule has 144 valence electrons. The van der Waals surface area contributed by atoms with Crippen molar-refractivity contribution in [2.75, 3.05) is 10.8 Å². The molecule has 0 aliphatic heterocycles. The summed E-state index contributed by atoms with van der Waals surface area (Å²) in [5, 5.41) is 3.51. The lowest BCUT2D eigenvalue weighted by molar-refractivity contribution is -0.120. The summed E-state index contributed by atoms with van der Waals surface area (Å²) in [6, 6.07) is 12.6. The molecule has 5 nitrogen and oxygen atoms in total. The molecule has 1 aliphatic carbocycles. The van der Waals surface area contributed by atoms with Gasteiger partial charge in [-0.1, -0.05) is 54.2 Å². The van der Waals surface area contributed by atoms with Crippen molar-refractivity contribution >= 4 is 44.8 Å². The largest absolute Gasteiger partial charge is 0.352 e. The third-order valence-electron chi connectivity index (χ3n) is 4.47. The zero-order chi connectivity index (χ0) is 19.4. The van der Waals surface area contributed by atoms with E-state index >= 15 is 0 Å². The Morgan fingerprint density at radius 2 is 1.63 bits per heavy atom. The van der Waals surface area contributed by atoms with Crippen LogP contribution in [0.3, 0.4) is 0 Å². The Bertz CT molecular complexity index is 894. The zero-order valence-electron chi connectivity index (χ0n) is 14.6. The van der Waals surface area contributed by atoms with Crippen LogP contribution in [0.2, 0.25) is 10.0 Å². The van der Waals surface area contributed by atoms with Crippen LogP contribution in [0, 0.1) is 0 Å². The van der Waals surface area contributed by atoms with Gasteiger partial charge in [0.2, 0.25) is 5.91 Å². The van der Waals surface area contributed by atoms with Crippen molar-refractivity contribution in [1.82, 2.24) is 5.32 Å². The molecule has 0 atom stereocenters. The van der Waals surface area contributed by atoms with E-state index in [1.165, 1.54) is 30.3 Å². The van der Waals surface area contributed by atoms with Crippen molar-refractivity contribution in [1.29, 1.82) is 0 Å². The number of sulfonamides is 1. The van der Waals surface area contributed by atoms with E-state index in [1.807, 2.05) is 0 Å². The van der Waals surface area contributed by atoms with Gasteiger partial charge in [0.15, 0.2) is 0 Å². The fraction of sp³-hybridized carbons (Fsp3) is 0.316. The lowest BCUT2D eigenvalue weighted by Gasteiger charge is -2.25. The molecule has 0 unspecified atom stereocenters. The Morgan fingerprint density at radius 3 is 2.22 bits per heavy atom. The summed E-state index contributed by atoms with van der Waals surface area (Å²) in [6.07, 6.45) is 3.97. The first-order valence-electron chi connectivity index (χ1n) is 8.69. The van der Waals surface area contributed by atoms with E-state index in [0.717, 1.165) is 30.0 Å². The Hall–Kier alpha value is -1.76. The van der Waals surface area contributed by atoms with Gasteiger partial charge in [0.05, 0.1) is 10.6 Å². The van der Waals surface area contributed by atoms with Crippen LogP contribution in [0.25, 0.3) is 0 Å². The molecule has 0 saturated heterocycles. The van der Waals surface area contributed by atoms with Gasteiger partial charge < -0.3 is 5.32 Å². The van der Waals surface area contributed by atoms with Crippen LogP contribution in [-0.2, 0) is 14.8 Å². The van der Waals surface area contributed by atoms with Gasteiger partial charge in [-0.25, -0.2) is 8.42 Å². The number of anilines is 1. The summed E-state index contributed by atoms with van der Waals surface area (Å²) >= 11 is 12.1. The molecule has 27 heavy (non-hydrogen) atoms. The number of hydrogen-bond donors (Lipinski definition) is 1. The van der Waals surface area contributed by atoms with Crippen LogP contribution in [-0.4, -0.2) is 26.9 Å². The van der Waals surface area contributed by atoms with Crippen molar-refractivity contribution in [2.45, 2.75) is 36.6 Å². The highest BCUT2D eigenvalue weighted by Crippen LogP contribution is 2.29. The first kappa shape index (κ1) is 20.0. The topological polar surface area (TPSA) is 66.5 Å². The monoisotopic (exact) mass is 426 g/mol. The Labute approximate surface area is 169 Å². The molecule has 3 rings (SSSR count). The molecular formula is C19H20Cl2N2O3S. The van der Waals surface area contributed by atoms with E-state index in [4.69, 9.17) is 23.2 Å². The lowest BCUT2D eigenvalue weighted by atomic mass is 10.2. The van der Waals surface area contributed by atoms with Crippen LogP contribution in [0.5, 0.6) is 0 Å². The number of nitrogens with zero attached hydrogens (tertiary/aromatic N) is 1. The van der Waals surface area contributed by atoms with Gasteiger partial charge in [0.1, 0.15) is 6.54 Å². The van der Waals surface area contributed by atoms with Gasteiger partial charge in [0, 0.05) is 16.1 Å². The van der Waals surface area contributed by atoms with Crippen molar-refractivity contribution in [3.8, 4) is 0 Å². The average Bonchev–Trinajstić information content (AvgIpc) is 3.12. The molecule has 0 aromatic heterocycles. The first-order valence-corrected chi connectivity index (χ1v) is 10.9. The number of halogens is 2. The number of nitrogens with one attached hydrogen (secondary N) is 1. The van der Waals surface area contributed by atoms with Crippen molar-refractivity contribution < 1.29 is 13.2 Å². The number of carbonyl (C=O) groups is 1. The molecular weight excluding hydrogens is 407 g/mol. The van der Waals surface area contributed by atoms with Crippen LogP contribution in [0.15, 0.2) is 53.4 Å². The van der Waals surface area contributed by atoms with Crippen molar-refractivity contribution in [3.63, 3.8) is 0 Å². The average molecular weight is 427 g/mol. The molecule has 2 aromatic rings. The van der Waals surface area contributed by atoms with Crippen LogP contribution in [0.1, 0.15) is 25.7 Å². The second-order valence-corrected chi connectivity index (χ2v) is 9.24. The second-order valence-electron chi connectivity index (χ2n) is 6.50. The number of hydrogen-bond acceptors (Lipinski definition) is 3. The van der Waals surface area contributed by atoms with E-state index in [9.17, 15) is 13.2 Å². The normalized spacial score (nSPS) is 14.9. The molecule has 1 saturated carbocycles. The third-order valence-corrected chi connectivity index (χ3v) is 6.70. The number of carbonyl (C=O) groups excluding carboxylic acids is 1. The second kappa shape index (κ2) is 8.50. The summed E-state index contributed by atoms with van der Waals surface area (Å²) < 4.78 is 27.4. The van der Waals surface area contributed by atoms with Gasteiger partial charge in [-0.2, -0.15) is 0 Å². The summed E-state index contributed by atoms with van der Waals surface area (Å²) in [6.45, 7) is -0.343. The minimum absolute atomic E-state index is 0.0924. The quantitative estimate of drug-likeness (QED) is 0.750. The maximum atomic E-state index is 13.2. The fourth-order valence-electron chi connectivity index (χ4n) is 3.19. The number of benzene rings is 2. The summed E-state index contributed by atoms with van der Waals surface area (Å²) in [5.41, 5.74) is 0.248. The predicted octanol–water partition coefficient (Wildman–Crippen LogP) is 4.25. The van der Waals surface area contributed by atoms with Crippen LogP contribution in [0.4, 0.5) is 5.69 Å². The van der Waals surface area contributed by atoms with Crippen LogP contribution < -0.4 is 9.62 Å². The van der Waals surface area contributed by atoms with E-state index in [2.05, 4.69) is 5.32 Å². The highest BCUT2D eigenvalue weighted by atomic mass is 35.5. The highest BCUT2D eigenvalue weighted by Gasteiger charge is 2.28. The number of amides is 1. The maximum Gasteiger partial charge on any atom is 0.264 e. The smallest absolute Gasteiger partial charge is 0.264 e. The predicted molar refractivity (Wildman–Crippen MR) is 108 cm³/mol. The van der Waals surface area contributed by atoms with Gasteiger partial charge in [-0.05, 0) is 43.2 Å². The molecule has 2 aromatic carbocycles. The molecule has 1 amide bonds. The summed E-state index contributed by atoms with van der Waals surface area (Å²) in [5.74, 6) is -0.350. The zero-order valence-corrected chi connectivity index (χ0v) is 16.9. The minimum Gasteiger partial charge on any atom is -0.352 e. The Balaban J connectivity index is 1.94. The molecule has 0 bridgehead atoms. The Morgan fingerprint density at radius 1 is 1.04 bits per heavy atom. The van der Waals surface area contributed by atoms with Gasteiger partial charge in [-0.3, -0.25) is 9.10 Å². The number of rotatable bonds is 6. The van der Waals surface area contributed by atoms with Crippen LogP contribution >= 0.6 is 23.2 Å². The van der Waals surface area contributed by atoms with E-state index < -0.39 is 10.0 Å². The van der Waals surface area contributed by atoms with Gasteiger partial charge in [0.25, 0.3) is 10.0 Å². The lowest BCUT2D eigenvalue weighted by Crippen LogP contribution is -2.43. The van der Waals surface area contributed by atoms with Gasteiger partial charge in [-0.15, -0.1) is 0 Å². The van der Waals surface area contributed by atoms with E-state index in [0.29, 0.717) is 10.0 Å². The molecule has 1 aliphatic rings.